The zero-order chi connectivity index (χ0) is 29.3. The first-order valence-electron chi connectivity index (χ1n) is 12.8. The van der Waals surface area contributed by atoms with Crippen molar-refractivity contribution in [3.63, 3.8) is 0 Å². The average Bonchev–Trinajstić information content (AvgIpc) is 2.90. The summed E-state index contributed by atoms with van der Waals surface area (Å²) in [6.45, 7) is 4.28. The highest BCUT2D eigenvalue weighted by Crippen LogP contribution is 2.48. The predicted octanol–water partition coefficient (Wildman–Crippen LogP) is 2.55. The molecule has 3 rings (SSSR count). The van der Waals surface area contributed by atoms with Gasteiger partial charge in [-0.1, -0.05) is 6.42 Å². The van der Waals surface area contributed by atoms with Crippen molar-refractivity contribution in [3.05, 3.63) is 52.1 Å². The van der Waals surface area contributed by atoms with Crippen LogP contribution in [0.15, 0.2) is 35.3 Å². The van der Waals surface area contributed by atoms with E-state index in [1.54, 1.807) is 38.1 Å². The number of carbonyl (C=O) groups is 2. The van der Waals surface area contributed by atoms with Gasteiger partial charge in [-0.2, -0.15) is 4.98 Å². The number of aliphatic carboxylic acids is 1. The molecule has 0 radical (unpaired) electrons. The monoisotopic (exact) mass is 575 g/mol. The molecule has 0 spiro atoms. The van der Waals surface area contributed by atoms with E-state index in [-0.39, 0.29) is 42.9 Å². The van der Waals surface area contributed by atoms with Gasteiger partial charge in [-0.3, -0.25) is 19.1 Å². The highest BCUT2D eigenvalue weighted by atomic mass is 31.2. The van der Waals surface area contributed by atoms with Crippen molar-refractivity contribution >= 4 is 42.3 Å². The number of benzene rings is 1. The number of nitrogens with two attached hydrogens (primary N) is 1. The van der Waals surface area contributed by atoms with Crippen LogP contribution in [0.1, 0.15) is 49.2 Å². The van der Waals surface area contributed by atoms with Crippen LogP contribution in [0.25, 0.3) is 11.2 Å². The quantitative estimate of drug-likeness (QED) is 0.153. The lowest BCUT2D eigenvalue weighted by Gasteiger charge is -2.20. The van der Waals surface area contributed by atoms with Crippen LogP contribution in [0.5, 0.6) is 0 Å². The van der Waals surface area contributed by atoms with E-state index in [0.717, 1.165) is 5.69 Å². The molecule has 216 valence electrons. The van der Waals surface area contributed by atoms with Gasteiger partial charge in [0.15, 0.2) is 11.2 Å². The van der Waals surface area contributed by atoms with E-state index in [2.05, 4.69) is 25.3 Å². The van der Waals surface area contributed by atoms with Crippen LogP contribution in [0.2, 0.25) is 0 Å². The Morgan fingerprint density at radius 2 is 1.82 bits per heavy atom. The van der Waals surface area contributed by atoms with E-state index < -0.39 is 31.1 Å². The second-order valence-electron chi connectivity index (χ2n) is 8.92. The molecule has 14 nitrogen and oxygen atoms in total. The van der Waals surface area contributed by atoms with Crippen LogP contribution < -0.4 is 21.5 Å². The number of unbranched alkanes of at least 4 members (excludes halogenated alkanes) is 1. The number of anilines is 2. The molecular weight excluding hydrogens is 541 g/mol. The van der Waals surface area contributed by atoms with Gasteiger partial charge in [0.05, 0.1) is 37.8 Å². The Labute approximate surface area is 230 Å². The van der Waals surface area contributed by atoms with E-state index in [1.165, 1.54) is 6.20 Å². The van der Waals surface area contributed by atoms with Gasteiger partial charge in [-0.25, -0.2) is 14.8 Å². The zero-order valence-corrected chi connectivity index (χ0v) is 23.5. The fourth-order valence-corrected chi connectivity index (χ4v) is 5.69. The van der Waals surface area contributed by atoms with Crippen LogP contribution in [-0.4, -0.2) is 69.4 Å². The molecule has 1 aromatic carbocycles. The summed E-state index contributed by atoms with van der Waals surface area (Å²) in [5.41, 5.74) is 6.86. The normalized spacial score (nSPS) is 12.3. The van der Waals surface area contributed by atoms with E-state index >= 15 is 0 Å². The minimum atomic E-state index is -3.20. The van der Waals surface area contributed by atoms with Crippen molar-refractivity contribution in [2.75, 3.05) is 37.1 Å². The van der Waals surface area contributed by atoms with Gasteiger partial charge in [-0.15, -0.1) is 0 Å². The van der Waals surface area contributed by atoms with Crippen molar-refractivity contribution in [1.29, 1.82) is 0 Å². The van der Waals surface area contributed by atoms with Crippen LogP contribution in [-0.2, 0) is 25.0 Å². The van der Waals surface area contributed by atoms with Crippen molar-refractivity contribution in [2.45, 2.75) is 45.7 Å². The lowest BCUT2D eigenvalue weighted by Crippen LogP contribution is -2.40. The summed E-state index contributed by atoms with van der Waals surface area (Å²) in [7, 11) is -1.39. The number of rotatable bonds is 15. The maximum atomic E-state index is 12.7. The molecule has 1 amide bonds. The van der Waals surface area contributed by atoms with Gasteiger partial charge >= 0.3 is 13.6 Å². The Kier molecular flexibility index (Phi) is 10.7. The lowest BCUT2D eigenvalue weighted by molar-refractivity contribution is -0.139. The number of carboxylic acid groups (broad SMARTS) is 1. The number of aromatic nitrogens is 4. The highest BCUT2D eigenvalue weighted by molar-refractivity contribution is 7.53. The molecule has 5 N–H and O–H groups in total. The van der Waals surface area contributed by atoms with E-state index in [0.29, 0.717) is 30.6 Å². The van der Waals surface area contributed by atoms with Crippen molar-refractivity contribution in [3.8, 4) is 0 Å². The summed E-state index contributed by atoms with van der Waals surface area (Å²) in [5.74, 6) is -1.72. The first-order chi connectivity index (χ1) is 19.0. The van der Waals surface area contributed by atoms with Gasteiger partial charge in [-0.05, 0) is 51.0 Å². The molecule has 2 heterocycles. The molecule has 0 saturated heterocycles. The molecule has 0 aliphatic rings. The third-order valence-corrected chi connectivity index (χ3v) is 8.05. The second-order valence-corrected chi connectivity index (χ2v) is 11.1. The van der Waals surface area contributed by atoms with Crippen LogP contribution >= 0.6 is 7.60 Å². The van der Waals surface area contributed by atoms with Gasteiger partial charge in [0, 0.05) is 18.3 Å². The SMILES string of the molecule is CCOP(=O)(CCCC[C@H](NC(=O)c1ccc(N(C)Cc2cnc3nc(N)[nH]c(=O)c3n2)cc1)C(=O)O)OCC. The Bertz CT molecular complexity index is 1420. The molecule has 0 bridgehead atoms. The molecule has 0 saturated carbocycles. The molecule has 0 aliphatic heterocycles. The number of hydrogen-bond acceptors (Lipinski definition) is 11. The Balaban J connectivity index is 1.57. The maximum Gasteiger partial charge on any atom is 0.330 e. The molecule has 0 unspecified atom stereocenters. The van der Waals surface area contributed by atoms with Crippen LogP contribution in [0.3, 0.4) is 0 Å². The third kappa shape index (κ3) is 8.31. The smallest absolute Gasteiger partial charge is 0.330 e. The summed E-state index contributed by atoms with van der Waals surface area (Å²) in [6, 6.07) is 5.50. The van der Waals surface area contributed by atoms with Crippen molar-refractivity contribution in [2.24, 2.45) is 0 Å². The molecule has 0 aliphatic carbocycles. The van der Waals surface area contributed by atoms with Gasteiger partial charge < -0.3 is 30.1 Å². The second kappa shape index (κ2) is 14.0. The molecule has 3 aromatic rings. The Morgan fingerprint density at radius 1 is 1.15 bits per heavy atom. The van der Waals surface area contributed by atoms with E-state index in [9.17, 15) is 24.1 Å². The van der Waals surface area contributed by atoms with Crippen molar-refractivity contribution < 1.29 is 28.3 Å². The first kappa shape index (κ1) is 30.7. The largest absolute Gasteiger partial charge is 0.480 e. The third-order valence-electron chi connectivity index (χ3n) is 5.89. The number of aromatic amines is 1. The standard InChI is InChI=1S/C25H34N7O7P/c1-4-38-40(37,39-5-2)13-7-6-8-19(24(35)36)29-22(33)16-9-11-18(12-10-16)32(3)15-17-14-27-21-20(28-17)23(34)31-25(26)30-21/h9-12,14,19H,4-8,13,15H2,1-3H3,(H,29,33)(H,35,36)(H3,26,27,30,31,34)/t19-/m0/s1. The molecular formula is C25H34N7O7P. The number of H-pyrrole nitrogens is 1. The van der Waals surface area contributed by atoms with Gasteiger partial charge in [0.25, 0.3) is 11.5 Å². The molecule has 2 aromatic heterocycles. The molecule has 40 heavy (non-hydrogen) atoms. The highest BCUT2D eigenvalue weighted by Gasteiger charge is 2.25. The lowest BCUT2D eigenvalue weighted by atomic mass is 10.1. The topological polar surface area (TPSA) is 203 Å². The Hall–Kier alpha value is -3.87. The van der Waals surface area contributed by atoms with E-state index in [4.69, 9.17) is 14.8 Å². The maximum absolute atomic E-state index is 12.7. The summed E-state index contributed by atoms with van der Waals surface area (Å²) >= 11 is 0. The number of nitrogens with zero attached hydrogens (tertiary/aromatic N) is 4. The summed E-state index contributed by atoms with van der Waals surface area (Å²) in [5, 5.41) is 12.1. The predicted molar refractivity (Wildman–Crippen MR) is 149 cm³/mol. The molecule has 0 fully saturated rings. The number of hydrogen-bond donors (Lipinski definition) is 4. The Morgan fingerprint density at radius 3 is 2.45 bits per heavy atom. The number of nitrogen functional groups attached to an aromatic ring is 1. The number of carboxylic acids is 1. The number of amides is 1. The number of carbonyl (C=O) groups excluding carboxylic acids is 1. The summed E-state index contributed by atoms with van der Waals surface area (Å²) in [6.07, 6.45) is 2.69. The van der Waals surface area contributed by atoms with E-state index in [1.807, 2.05) is 11.9 Å². The van der Waals surface area contributed by atoms with Crippen LogP contribution in [0.4, 0.5) is 11.6 Å². The van der Waals surface area contributed by atoms with Crippen molar-refractivity contribution in [1.82, 2.24) is 25.3 Å². The average molecular weight is 576 g/mol. The molecule has 15 heteroatoms. The fraction of sp³-hybridized carbons (Fsp3) is 0.440. The fourth-order valence-electron chi connectivity index (χ4n) is 3.96. The number of fused-ring (bicyclic) bond motifs is 1. The number of nitrogens with one attached hydrogen (secondary N) is 2. The minimum Gasteiger partial charge on any atom is -0.480 e. The van der Waals surface area contributed by atoms with Crippen LogP contribution in [0, 0.1) is 0 Å². The summed E-state index contributed by atoms with van der Waals surface area (Å²) < 4.78 is 23.0. The zero-order valence-electron chi connectivity index (χ0n) is 22.6. The summed E-state index contributed by atoms with van der Waals surface area (Å²) in [4.78, 5) is 53.2. The minimum absolute atomic E-state index is 0.0398. The first-order valence-corrected chi connectivity index (χ1v) is 14.5. The van der Waals surface area contributed by atoms with Gasteiger partial charge in [0.2, 0.25) is 5.95 Å². The molecule has 1 atom stereocenters. The van der Waals surface area contributed by atoms with Gasteiger partial charge in [0.1, 0.15) is 6.04 Å².